The van der Waals surface area contributed by atoms with Gasteiger partial charge >= 0.3 is 0 Å². The number of methoxy groups -OCH3 is 1. The van der Waals surface area contributed by atoms with Crippen molar-refractivity contribution in [1.29, 1.82) is 0 Å². The molecule has 1 aromatic carbocycles. The van der Waals surface area contributed by atoms with Crippen molar-refractivity contribution in [3.05, 3.63) is 34.9 Å². The smallest absolute Gasteiger partial charge is 0.227 e. The topological polar surface area (TPSA) is 60.4 Å². The van der Waals surface area contributed by atoms with Crippen LogP contribution < -0.4 is 5.32 Å². The maximum atomic E-state index is 12.6. The average molecular weight is 436 g/mol. The molecule has 8 heteroatoms. The molecule has 0 aliphatic carbocycles. The van der Waals surface area contributed by atoms with Crippen molar-refractivity contribution in [3.63, 3.8) is 0 Å². The lowest BCUT2D eigenvalue weighted by atomic mass is 10.1. The van der Waals surface area contributed by atoms with Gasteiger partial charge in [-0.15, -0.1) is 0 Å². The van der Waals surface area contributed by atoms with E-state index in [0.717, 1.165) is 50.9 Å². The Kier molecular flexibility index (Phi) is 8.78. The van der Waals surface area contributed by atoms with E-state index in [1.165, 1.54) is 12.8 Å². The first-order chi connectivity index (χ1) is 14.6. The highest BCUT2D eigenvalue weighted by Gasteiger charge is 2.26. The van der Waals surface area contributed by atoms with Crippen LogP contribution in [0.15, 0.2) is 29.3 Å². The summed E-state index contributed by atoms with van der Waals surface area (Å²) >= 11 is 6.03. The number of amides is 1. The number of piperazine rings is 1. The molecule has 0 radical (unpaired) electrons. The molecule has 0 aromatic heterocycles. The van der Waals surface area contributed by atoms with E-state index in [2.05, 4.69) is 20.1 Å². The molecule has 2 aliphatic heterocycles. The van der Waals surface area contributed by atoms with Gasteiger partial charge in [0.15, 0.2) is 5.96 Å². The van der Waals surface area contributed by atoms with E-state index >= 15 is 0 Å². The van der Waals surface area contributed by atoms with Gasteiger partial charge < -0.3 is 19.9 Å². The first kappa shape index (κ1) is 22.8. The summed E-state index contributed by atoms with van der Waals surface area (Å²) in [5.41, 5.74) is 0.960. The molecular formula is C22H34ClN5O2. The van der Waals surface area contributed by atoms with E-state index in [1.54, 1.807) is 7.11 Å². The Bertz CT molecular complexity index is 721. The fourth-order valence-corrected chi connectivity index (χ4v) is 4.48. The van der Waals surface area contributed by atoms with E-state index < -0.39 is 0 Å². The van der Waals surface area contributed by atoms with Crippen molar-refractivity contribution in [2.24, 2.45) is 4.99 Å². The summed E-state index contributed by atoms with van der Waals surface area (Å²) in [5, 5.41) is 4.22. The van der Waals surface area contributed by atoms with Gasteiger partial charge in [0.2, 0.25) is 5.91 Å². The summed E-state index contributed by atoms with van der Waals surface area (Å²) in [6, 6.07) is 8.05. The van der Waals surface area contributed by atoms with Gasteiger partial charge in [0, 0.05) is 64.5 Å². The zero-order valence-electron chi connectivity index (χ0n) is 18.1. The number of guanidine groups is 1. The summed E-state index contributed by atoms with van der Waals surface area (Å²) in [6.45, 7) is 6.79. The Hall–Kier alpha value is -1.83. The van der Waals surface area contributed by atoms with E-state index in [0.29, 0.717) is 30.6 Å². The molecule has 2 saturated heterocycles. The quantitative estimate of drug-likeness (QED) is 0.522. The highest BCUT2D eigenvalue weighted by atomic mass is 35.5. The molecule has 2 fully saturated rings. The number of hydrogen-bond donors (Lipinski definition) is 1. The third-order valence-electron chi connectivity index (χ3n) is 5.97. The van der Waals surface area contributed by atoms with Gasteiger partial charge in [0.05, 0.1) is 13.0 Å². The molecule has 1 atom stereocenters. The summed E-state index contributed by atoms with van der Waals surface area (Å²) in [7, 11) is 3.58. The summed E-state index contributed by atoms with van der Waals surface area (Å²) in [5.74, 6) is 1.08. The normalized spacial score (nSPS) is 20.6. The zero-order chi connectivity index (χ0) is 21.3. The number of likely N-dealkylation sites (tertiary alicyclic amines) is 1. The Balaban J connectivity index is 1.44. The van der Waals surface area contributed by atoms with E-state index in [9.17, 15) is 4.79 Å². The van der Waals surface area contributed by atoms with Gasteiger partial charge in [0.25, 0.3) is 0 Å². The fraction of sp³-hybridized carbons (Fsp3) is 0.636. The number of nitrogens with zero attached hydrogens (tertiary/aromatic N) is 4. The van der Waals surface area contributed by atoms with Crippen LogP contribution in [0.3, 0.4) is 0 Å². The fourth-order valence-electron chi connectivity index (χ4n) is 4.27. The van der Waals surface area contributed by atoms with Gasteiger partial charge in [-0.3, -0.25) is 14.7 Å². The Morgan fingerprint density at radius 3 is 2.70 bits per heavy atom. The lowest BCUT2D eigenvalue weighted by molar-refractivity contribution is -0.131. The number of halogens is 1. The second-order valence-electron chi connectivity index (χ2n) is 7.93. The van der Waals surface area contributed by atoms with Crippen LogP contribution in [-0.2, 0) is 16.0 Å². The third-order valence-corrected chi connectivity index (χ3v) is 6.20. The molecule has 0 bridgehead atoms. The molecule has 1 N–H and O–H groups in total. The van der Waals surface area contributed by atoms with Crippen molar-refractivity contribution >= 4 is 23.5 Å². The molecule has 0 saturated carbocycles. The molecule has 1 unspecified atom stereocenters. The van der Waals surface area contributed by atoms with E-state index in [-0.39, 0.29) is 5.91 Å². The highest BCUT2D eigenvalue weighted by molar-refractivity contribution is 6.30. The second-order valence-corrected chi connectivity index (χ2v) is 8.36. The zero-order valence-corrected chi connectivity index (χ0v) is 18.9. The molecular weight excluding hydrogens is 402 g/mol. The molecule has 0 spiro atoms. The minimum Gasteiger partial charge on any atom is -0.383 e. The predicted octanol–water partition coefficient (Wildman–Crippen LogP) is 1.71. The van der Waals surface area contributed by atoms with Crippen LogP contribution in [0.2, 0.25) is 5.02 Å². The molecule has 3 rings (SSSR count). The standard InChI is InChI=1S/C22H34ClN5O2/c1-24-22(25-17-20-7-4-8-26(20)13-14-30-2)28-11-9-27(10-12-28)21(29)16-18-5-3-6-19(23)15-18/h3,5-6,15,20H,4,7-14,16-17H2,1-2H3,(H,24,25). The van der Waals surface area contributed by atoms with Crippen LogP contribution in [0.5, 0.6) is 0 Å². The molecule has 2 heterocycles. The Morgan fingerprint density at radius 1 is 1.23 bits per heavy atom. The number of rotatable bonds is 7. The van der Waals surface area contributed by atoms with Crippen LogP contribution in [0.4, 0.5) is 0 Å². The Morgan fingerprint density at radius 2 is 2.00 bits per heavy atom. The number of ether oxygens (including phenoxy) is 1. The Labute approximate surface area is 185 Å². The number of nitrogens with one attached hydrogen (secondary N) is 1. The van der Waals surface area contributed by atoms with Crippen molar-refractivity contribution in [2.75, 3.05) is 66.6 Å². The van der Waals surface area contributed by atoms with Crippen molar-refractivity contribution < 1.29 is 9.53 Å². The number of aliphatic imine (C=N–C) groups is 1. The van der Waals surface area contributed by atoms with Crippen LogP contribution in [-0.4, -0.2) is 99.2 Å². The second kappa shape index (κ2) is 11.5. The van der Waals surface area contributed by atoms with Crippen molar-refractivity contribution in [3.8, 4) is 0 Å². The largest absolute Gasteiger partial charge is 0.383 e. The predicted molar refractivity (Wildman–Crippen MR) is 121 cm³/mol. The van der Waals surface area contributed by atoms with Crippen molar-refractivity contribution in [1.82, 2.24) is 20.0 Å². The minimum atomic E-state index is 0.152. The monoisotopic (exact) mass is 435 g/mol. The third kappa shape index (κ3) is 6.33. The molecule has 1 amide bonds. The molecule has 1 aromatic rings. The van der Waals surface area contributed by atoms with Gasteiger partial charge in [0.1, 0.15) is 0 Å². The first-order valence-electron chi connectivity index (χ1n) is 10.8. The maximum absolute atomic E-state index is 12.6. The SMILES string of the molecule is CN=C(NCC1CCCN1CCOC)N1CCN(C(=O)Cc2cccc(Cl)c2)CC1. The summed E-state index contributed by atoms with van der Waals surface area (Å²) in [4.78, 5) is 23.8. The first-order valence-corrected chi connectivity index (χ1v) is 11.2. The highest BCUT2D eigenvalue weighted by Crippen LogP contribution is 2.16. The number of hydrogen-bond acceptors (Lipinski definition) is 4. The van der Waals surface area contributed by atoms with Crippen LogP contribution >= 0.6 is 11.6 Å². The van der Waals surface area contributed by atoms with Crippen LogP contribution in [0.1, 0.15) is 18.4 Å². The van der Waals surface area contributed by atoms with E-state index in [4.69, 9.17) is 16.3 Å². The van der Waals surface area contributed by atoms with Crippen molar-refractivity contribution in [2.45, 2.75) is 25.3 Å². The average Bonchev–Trinajstić information content (AvgIpc) is 3.20. The van der Waals surface area contributed by atoms with Gasteiger partial charge in [-0.2, -0.15) is 0 Å². The van der Waals surface area contributed by atoms with Gasteiger partial charge in [-0.05, 0) is 37.1 Å². The molecule has 166 valence electrons. The van der Waals surface area contributed by atoms with Crippen LogP contribution in [0.25, 0.3) is 0 Å². The molecule has 30 heavy (non-hydrogen) atoms. The summed E-state index contributed by atoms with van der Waals surface area (Å²) in [6.07, 6.45) is 2.84. The number of carbonyl (C=O) groups is 1. The lowest BCUT2D eigenvalue weighted by Crippen LogP contribution is -2.55. The van der Waals surface area contributed by atoms with Crippen LogP contribution in [0, 0.1) is 0 Å². The lowest BCUT2D eigenvalue weighted by Gasteiger charge is -2.37. The summed E-state index contributed by atoms with van der Waals surface area (Å²) < 4.78 is 5.23. The molecule has 2 aliphatic rings. The van der Waals surface area contributed by atoms with E-state index in [1.807, 2.05) is 36.2 Å². The maximum Gasteiger partial charge on any atom is 0.227 e. The number of benzene rings is 1. The molecule has 7 nitrogen and oxygen atoms in total. The minimum absolute atomic E-state index is 0.152. The van der Waals surface area contributed by atoms with Gasteiger partial charge in [-0.1, -0.05) is 23.7 Å². The van der Waals surface area contributed by atoms with Gasteiger partial charge in [-0.25, -0.2) is 0 Å². The number of carbonyl (C=O) groups excluding carboxylic acids is 1.